The molecule has 0 saturated heterocycles. The lowest BCUT2D eigenvalue weighted by atomic mass is 10.1. The van der Waals surface area contributed by atoms with Crippen molar-refractivity contribution in [3.63, 3.8) is 0 Å². The summed E-state index contributed by atoms with van der Waals surface area (Å²) >= 11 is 3.02. The molecule has 1 atom stereocenters. The van der Waals surface area contributed by atoms with Crippen molar-refractivity contribution in [2.75, 3.05) is 6.54 Å². The number of nitrogens with two attached hydrogens (primary N) is 1. The second-order valence-electron chi connectivity index (χ2n) is 2.43. The molecule has 0 saturated carbocycles. The van der Waals surface area contributed by atoms with E-state index in [-0.39, 0.29) is 12.4 Å². The first kappa shape index (κ1) is 9.64. The Kier molecular flexibility index (Phi) is 3.20. The van der Waals surface area contributed by atoms with Crippen LogP contribution in [0.2, 0.25) is 0 Å². The highest BCUT2D eigenvalue weighted by Gasteiger charge is 2.06. The fraction of sp³-hybridized carbons (Fsp3) is 0.250. The van der Waals surface area contributed by atoms with Crippen molar-refractivity contribution < 1.29 is 9.50 Å². The topological polar surface area (TPSA) is 46.2 Å². The normalized spacial score (nSPS) is 13.0. The largest absolute Gasteiger partial charge is 0.387 e. The number of aliphatic hydroxyl groups excluding tert-OH is 1. The van der Waals surface area contributed by atoms with E-state index in [0.29, 0.717) is 10.0 Å². The molecule has 1 unspecified atom stereocenters. The molecule has 0 radical (unpaired) electrons. The molecule has 66 valence electrons. The second-order valence-corrected chi connectivity index (χ2v) is 3.28. The summed E-state index contributed by atoms with van der Waals surface area (Å²) in [4.78, 5) is 0. The molecule has 0 aliphatic rings. The van der Waals surface area contributed by atoms with E-state index >= 15 is 0 Å². The number of halogens is 2. The van der Waals surface area contributed by atoms with Crippen LogP contribution in [0.4, 0.5) is 4.39 Å². The summed E-state index contributed by atoms with van der Waals surface area (Å²) in [6.45, 7) is 0.137. The molecule has 1 aromatic carbocycles. The lowest BCUT2D eigenvalue weighted by molar-refractivity contribution is 0.186. The van der Waals surface area contributed by atoms with Crippen molar-refractivity contribution >= 4 is 15.9 Å². The predicted octanol–water partition coefficient (Wildman–Crippen LogP) is 1.58. The molecule has 1 rings (SSSR count). The highest BCUT2D eigenvalue weighted by molar-refractivity contribution is 9.10. The highest BCUT2D eigenvalue weighted by Crippen LogP contribution is 2.20. The minimum atomic E-state index is -0.720. The molecule has 0 aliphatic carbocycles. The first-order valence-corrected chi connectivity index (χ1v) is 4.27. The Hall–Kier alpha value is -0.450. The van der Waals surface area contributed by atoms with Crippen LogP contribution in [0.15, 0.2) is 22.7 Å². The van der Waals surface area contributed by atoms with E-state index in [1.807, 2.05) is 0 Å². The van der Waals surface area contributed by atoms with Gasteiger partial charge in [0.25, 0.3) is 0 Å². The maximum absolute atomic E-state index is 12.7. The quantitative estimate of drug-likeness (QED) is 0.815. The standard InChI is InChI=1S/C8H9BrFNO/c9-6-3-5(8(12)4-11)1-2-7(6)10/h1-3,8,12H,4,11H2. The molecule has 4 heteroatoms. The Morgan fingerprint density at radius 1 is 1.58 bits per heavy atom. The third kappa shape index (κ3) is 2.03. The molecule has 1 aromatic rings. The molecule has 0 spiro atoms. The van der Waals surface area contributed by atoms with Gasteiger partial charge in [-0.2, -0.15) is 0 Å². The lowest BCUT2D eigenvalue weighted by Crippen LogP contribution is -2.11. The van der Waals surface area contributed by atoms with Crippen molar-refractivity contribution in [2.24, 2.45) is 5.73 Å². The van der Waals surface area contributed by atoms with E-state index in [9.17, 15) is 9.50 Å². The Bertz CT molecular complexity index is 280. The van der Waals surface area contributed by atoms with Gasteiger partial charge in [-0.25, -0.2) is 4.39 Å². The van der Waals surface area contributed by atoms with Gasteiger partial charge in [0.2, 0.25) is 0 Å². The van der Waals surface area contributed by atoms with Crippen LogP contribution in [-0.4, -0.2) is 11.7 Å². The zero-order chi connectivity index (χ0) is 9.14. The van der Waals surface area contributed by atoms with Crippen LogP contribution in [0.25, 0.3) is 0 Å². The monoisotopic (exact) mass is 233 g/mol. The van der Waals surface area contributed by atoms with E-state index < -0.39 is 6.10 Å². The fourth-order valence-electron chi connectivity index (χ4n) is 0.856. The summed E-state index contributed by atoms with van der Waals surface area (Å²) in [5, 5.41) is 9.28. The Balaban J connectivity index is 2.96. The smallest absolute Gasteiger partial charge is 0.137 e. The third-order valence-corrected chi connectivity index (χ3v) is 2.16. The Morgan fingerprint density at radius 3 is 2.75 bits per heavy atom. The Labute approximate surface area is 78.3 Å². The van der Waals surface area contributed by atoms with Crippen LogP contribution < -0.4 is 5.73 Å². The summed E-state index contributed by atoms with van der Waals surface area (Å²) in [6, 6.07) is 4.32. The van der Waals surface area contributed by atoms with Gasteiger partial charge in [0.1, 0.15) is 5.82 Å². The average Bonchev–Trinajstić information content (AvgIpc) is 2.08. The number of aliphatic hydroxyl groups is 1. The van der Waals surface area contributed by atoms with E-state index in [0.717, 1.165) is 0 Å². The predicted molar refractivity (Wildman–Crippen MR) is 48.1 cm³/mol. The molecule has 0 bridgehead atoms. The summed E-state index contributed by atoms with van der Waals surface area (Å²) < 4.78 is 13.0. The molecular weight excluding hydrogens is 225 g/mol. The van der Waals surface area contributed by atoms with Crippen molar-refractivity contribution in [3.05, 3.63) is 34.1 Å². The van der Waals surface area contributed by atoms with Crippen LogP contribution in [0.1, 0.15) is 11.7 Å². The number of hydrogen-bond donors (Lipinski definition) is 2. The van der Waals surface area contributed by atoms with E-state index in [1.54, 1.807) is 0 Å². The maximum atomic E-state index is 12.7. The maximum Gasteiger partial charge on any atom is 0.137 e. The molecule has 0 heterocycles. The van der Waals surface area contributed by atoms with Gasteiger partial charge in [0, 0.05) is 6.54 Å². The summed E-state index contributed by atoms with van der Waals surface area (Å²) in [6.07, 6.45) is -0.720. The highest BCUT2D eigenvalue weighted by atomic mass is 79.9. The molecule has 0 amide bonds. The van der Waals surface area contributed by atoms with Gasteiger partial charge in [-0.15, -0.1) is 0 Å². The molecule has 0 aromatic heterocycles. The van der Waals surface area contributed by atoms with E-state index in [2.05, 4.69) is 15.9 Å². The van der Waals surface area contributed by atoms with E-state index in [1.165, 1.54) is 18.2 Å². The Morgan fingerprint density at radius 2 is 2.25 bits per heavy atom. The minimum Gasteiger partial charge on any atom is -0.387 e. The second kappa shape index (κ2) is 3.98. The van der Waals surface area contributed by atoms with Crippen molar-refractivity contribution in [2.45, 2.75) is 6.10 Å². The molecule has 0 fully saturated rings. The molecule has 3 N–H and O–H groups in total. The molecule has 2 nitrogen and oxygen atoms in total. The van der Waals surface area contributed by atoms with Gasteiger partial charge in [-0.1, -0.05) is 6.07 Å². The summed E-state index contributed by atoms with van der Waals surface area (Å²) in [7, 11) is 0. The minimum absolute atomic E-state index is 0.137. The number of hydrogen-bond acceptors (Lipinski definition) is 2. The van der Waals surface area contributed by atoms with Gasteiger partial charge in [0.05, 0.1) is 10.6 Å². The first-order valence-electron chi connectivity index (χ1n) is 3.48. The molecule has 0 aliphatic heterocycles. The van der Waals surface area contributed by atoms with Crippen LogP contribution in [0.3, 0.4) is 0 Å². The zero-order valence-corrected chi connectivity index (χ0v) is 7.88. The number of rotatable bonds is 2. The van der Waals surface area contributed by atoms with Gasteiger partial charge in [-0.3, -0.25) is 0 Å². The van der Waals surface area contributed by atoms with Crippen LogP contribution in [0, 0.1) is 5.82 Å². The average molecular weight is 234 g/mol. The van der Waals surface area contributed by atoms with Gasteiger partial charge in [0.15, 0.2) is 0 Å². The van der Waals surface area contributed by atoms with Crippen LogP contribution >= 0.6 is 15.9 Å². The van der Waals surface area contributed by atoms with Crippen LogP contribution in [0.5, 0.6) is 0 Å². The van der Waals surface area contributed by atoms with Crippen LogP contribution in [-0.2, 0) is 0 Å². The third-order valence-electron chi connectivity index (χ3n) is 1.55. The van der Waals surface area contributed by atoms with Crippen molar-refractivity contribution in [1.29, 1.82) is 0 Å². The van der Waals surface area contributed by atoms with E-state index in [4.69, 9.17) is 5.73 Å². The van der Waals surface area contributed by atoms with Crippen molar-refractivity contribution in [3.8, 4) is 0 Å². The lowest BCUT2D eigenvalue weighted by Gasteiger charge is -2.07. The van der Waals surface area contributed by atoms with Gasteiger partial charge < -0.3 is 10.8 Å². The van der Waals surface area contributed by atoms with Gasteiger partial charge >= 0.3 is 0 Å². The first-order chi connectivity index (χ1) is 5.65. The molecule has 12 heavy (non-hydrogen) atoms. The SMILES string of the molecule is NCC(O)c1ccc(F)c(Br)c1. The molecular formula is C8H9BrFNO. The fourth-order valence-corrected chi connectivity index (χ4v) is 1.25. The zero-order valence-electron chi connectivity index (χ0n) is 6.30. The number of benzene rings is 1. The van der Waals surface area contributed by atoms with Gasteiger partial charge in [-0.05, 0) is 33.6 Å². The summed E-state index contributed by atoms with van der Waals surface area (Å²) in [5.41, 5.74) is 5.85. The van der Waals surface area contributed by atoms with Crippen molar-refractivity contribution in [1.82, 2.24) is 0 Å². The summed E-state index contributed by atoms with van der Waals surface area (Å²) in [5.74, 6) is -0.344.